The Balaban J connectivity index is 2.39. The van der Waals surface area contributed by atoms with Gasteiger partial charge in [0.1, 0.15) is 0 Å². The molecule has 0 aliphatic heterocycles. The maximum atomic E-state index is 5.60. The second-order valence-corrected chi connectivity index (χ2v) is 6.00. The summed E-state index contributed by atoms with van der Waals surface area (Å²) in [6, 6.07) is 1.77. The van der Waals surface area contributed by atoms with Gasteiger partial charge < -0.3 is 4.42 Å². The molecule has 0 saturated heterocycles. The first-order valence-corrected chi connectivity index (χ1v) is 5.91. The molecule has 0 N–H and O–H groups in total. The van der Waals surface area contributed by atoms with E-state index in [0.717, 1.165) is 4.47 Å². The molecule has 2 rings (SSSR count). The zero-order valence-corrected chi connectivity index (χ0v) is 11.3. The Kier molecular flexibility index (Phi) is 3.39. The second-order valence-electron chi connectivity index (χ2n) is 2.80. The van der Waals surface area contributed by atoms with Crippen molar-refractivity contribution in [1.82, 2.24) is 15.2 Å². The van der Waals surface area contributed by atoms with Crippen molar-refractivity contribution in [2.75, 3.05) is 0 Å². The number of pyridine rings is 1. The fraction of sp³-hybridized carbons (Fsp3) is 0.125. The topological polar surface area (TPSA) is 51.8 Å². The lowest BCUT2D eigenvalue weighted by Gasteiger charge is -2.02. The van der Waals surface area contributed by atoms with Crippen molar-refractivity contribution >= 4 is 50.7 Å². The van der Waals surface area contributed by atoms with E-state index in [9.17, 15) is 0 Å². The molecule has 0 fully saturated rings. The van der Waals surface area contributed by atoms with Gasteiger partial charge in [0.2, 0.25) is 5.89 Å². The van der Waals surface area contributed by atoms with Crippen LogP contribution in [-0.2, 0) is 3.79 Å². The van der Waals surface area contributed by atoms with Crippen LogP contribution in [0.4, 0.5) is 0 Å². The molecule has 0 amide bonds. The lowest BCUT2D eigenvalue weighted by Crippen LogP contribution is -1.99. The Bertz CT molecular complexity index is 511. The number of halogens is 4. The van der Waals surface area contributed by atoms with Gasteiger partial charge in [0.05, 0.1) is 5.56 Å². The van der Waals surface area contributed by atoms with Crippen LogP contribution in [0.5, 0.6) is 0 Å². The van der Waals surface area contributed by atoms with Gasteiger partial charge in [-0.05, 0) is 22.0 Å². The van der Waals surface area contributed by atoms with Crippen LogP contribution >= 0.6 is 50.7 Å². The summed E-state index contributed by atoms with van der Waals surface area (Å²) in [5, 5.41) is 7.40. The van der Waals surface area contributed by atoms with Crippen LogP contribution in [0.25, 0.3) is 11.5 Å². The fourth-order valence-electron chi connectivity index (χ4n) is 0.983. The van der Waals surface area contributed by atoms with Crippen LogP contribution in [0, 0.1) is 0 Å². The highest BCUT2D eigenvalue weighted by molar-refractivity contribution is 9.10. The van der Waals surface area contributed by atoms with Gasteiger partial charge in [-0.2, -0.15) is 0 Å². The van der Waals surface area contributed by atoms with Crippen molar-refractivity contribution in [3.05, 3.63) is 28.8 Å². The van der Waals surface area contributed by atoms with Crippen LogP contribution in [0.2, 0.25) is 0 Å². The molecular formula is C8H3BrCl3N3O. The van der Waals surface area contributed by atoms with Gasteiger partial charge in [-0.3, -0.25) is 4.98 Å². The molecule has 0 aliphatic carbocycles. The largest absolute Gasteiger partial charge is 0.416 e. The minimum absolute atomic E-state index is 0.0764. The summed E-state index contributed by atoms with van der Waals surface area (Å²) in [7, 11) is 0. The van der Waals surface area contributed by atoms with E-state index in [-0.39, 0.29) is 11.8 Å². The second kappa shape index (κ2) is 4.49. The molecule has 0 atom stereocenters. The summed E-state index contributed by atoms with van der Waals surface area (Å²) < 4.78 is 4.28. The maximum Gasteiger partial charge on any atom is 0.268 e. The fourth-order valence-corrected chi connectivity index (χ4v) is 1.58. The Morgan fingerprint density at radius 1 is 1.19 bits per heavy atom. The molecule has 0 aliphatic rings. The summed E-state index contributed by atoms with van der Waals surface area (Å²) in [5.41, 5.74) is 0.641. The Morgan fingerprint density at radius 3 is 2.50 bits per heavy atom. The first-order chi connectivity index (χ1) is 7.47. The number of hydrogen-bond acceptors (Lipinski definition) is 4. The predicted molar refractivity (Wildman–Crippen MR) is 64.5 cm³/mol. The van der Waals surface area contributed by atoms with Crippen LogP contribution in [0.1, 0.15) is 5.89 Å². The van der Waals surface area contributed by atoms with Gasteiger partial charge in [-0.15, -0.1) is 10.2 Å². The molecular weight excluding hydrogens is 340 g/mol. The van der Waals surface area contributed by atoms with Crippen LogP contribution in [0.15, 0.2) is 27.3 Å². The number of hydrogen-bond donors (Lipinski definition) is 0. The van der Waals surface area contributed by atoms with Crippen molar-refractivity contribution in [1.29, 1.82) is 0 Å². The summed E-state index contributed by atoms with van der Waals surface area (Å²) in [4.78, 5) is 3.96. The van der Waals surface area contributed by atoms with Gasteiger partial charge in [0.15, 0.2) is 0 Å². The molecule has 0 spiro atoms. The molecule has 0 bridgehead atoms. The number of alkyl halides is 3. The predicted octanol–water partition coefficient (Wildman–Crippen LogP) is 3.72. The first kappa shape index (κ1) is 12.1. The monoisotopic (exact) mass is 341 g/mol. The zero-order chi connectivity index (χ0) is 11.8. The van der Waals surface area contributed by atoms with Gasteiger partial charge in [-0.25, -0.2) is 0 Å². The molecule has 0 unspecified atom stereocenters. The van der Waals surface area contributed by atoms with E-state index in [1.165, 1.54) is 0 Å². The zero-order valence-electron chi connectivity index (χ0n) is 7.49. The highest BCUT2D eigenvalue weighted by atomic mass is 79.9. The third-order valence-electron chi connectivity index (χ3n) is 1.62. The third kappa shape index (κ3) is 2.66. The first-order valence-electron chi connectivity index (χ1n) is 3.98. The van der Waals surface area contributed by atoms with E-state index < -0.39 is 3.79 Å². The van der Waals surface area contributed by atoms with Gasteiger partial charge in [-0.1, -0.05) is 34.8 Å². The van der Waals surface area contributed by atoms with Crippen molar-refractivity contribution in [2.24, 2.45) is 0 Å². The van der Waals surface area contributed by atoms with Crippen molar-refractivity contribution < 1.29 is 4.42 Å². The normalized spacial score (nSPS) is 11.8. The minimum Gasteiger partial charge on any atom is -0.416 e. The number of aromatic nitrogens is 3. The molecule has 84 valence electrons. The van der Waals surface area contributed by atoms with E-state index in [1.54, 1.807) is 18.5 Å². The number of rotatable bonds is 1. The molecule has 0 saturated carbocycles. The van der Waals surface area contributed by atoms with E-state index >= 15 is 0 Å². The average molecular weight is 343 g/mol. The maximum absolute atomic E-state index is 5.60. The lowest BCUT2D eigenvalue weighted by molar-refractivity contribution is 0.514. The highest BCUT2D eigenvalue weighted by Crippen LogP contribution is 2.38. The van der Waals surface area contributed by atoms with Gasteiger partial charge in [0, 0.05) is 16.9 Å². The van der Waals surface area contributed by atoms with E-state index in [4.69, 9.17) is 39.2 Å². The van der Waals surface area contributed by atoms with E-state index in [2.05, 4.69) is 31.1 Å². The summed E-state index contributed by atoms with van der Waals surface area (Å²) >= 11 is 20.1. The van der Waals surface area contributed by atoms with Crippen LogP contribution in [-0.4, -0.2) is 15.2 Å². The molecule has 8 heteroatoms. The molecule has 16 heavy (non-hydrogen) atoms. The van der Waals surface area contributed by atoms with Crippen molar-refractivity contribution in [3.8, 4) is 11.5 Å². The van der Waals surface area contributed by atoms with Crippen molar-refractivity contribution in [3.63, 3.8) is 0 Å². The highest BCUT2D eigenvalue weighted by Gasteiger charge is 2.30. The van der Waals surface area contributed by atoms with Gasteiger partial charge >= 0.3 is 0 Å². The Hall–Kier alpha value is -0.360. The van der Waals surface area contributed by atoms with E-state index in [1.807, 2.05) is 0 Å². The third-order valence-corrected chi connectivity index (χ3v) is 2.54. The molecule has 2 aromatic heterocycles. The summed E-state index contributed by atoms with van der Waals surface area (Å²) in [5.74, 6) is 0.169. The number of nitrogens with zero attached hydrogens (tertiary/aromatic N) is 3. The molecule has 0 aromatic carbocycles. The molecule has 2 aromatic rings. The molecule has 0 radical (unpaired) electrons. The van der Waals surface area contributed by atoms with Crippen LogP contribution < -0.4 is 0 Å². The molecule has 4 nitrogen and oxygen atoms in total. The summed E-state index contributed by atoms with van der Waals surface area (Å²) in [6.07, 6.45) is 3.20. The SMILES string of the molecule is ClC(Cl)(Cl)c1nnc(-c2cncc(Br)c2)o1. The minimum atomic E-state index is -1.72. The standard InChI is InChI=1S/C8H3BrCl3N3O/c9-5-1-4(2-13-3-5)6-14-15-7(16-6)8(10,11)12/h1-3H. The van der Waals surface area contributed by atoms with Crippen molar-refractivity contribution in [2.45, 2.75) is 3.79 Å². The smallest absolute Gasteiger partial charge is 0.268 e. The quantitative estimate of drug-likeness (QED) is 0.741. The molecule has 2 heterocycles. The Morgan fingerprint density at radius 2 is 1.94 bits per heavy atom. The van der Waals surface area contributed by atoms with E-state index in [0.29, 0.717) is 5.56 Å². The Labute approximate surface area is 114 Å². The van der Waals surface area contributed by atoms with Crippen LogP contribution in [0.3, 0.4) is 0 Å². The average Bonchev–Trinajstić information content (AvgIpc) is 2.65. The summed E-state index contributed by atoms with van der Waals surface area (Å²) in [6.45, 7) is 0. The lowest BCUT2D eigenvalue weighted by atomic mass is 10.3. The van der Waals surface area contributed by atoms with Gasteiger partial charge in [0.25, 0.3) is 9.68 Å².